The van der Waals surface area contributed by atoms with E-state index in [1.807, 2.05) is 6.92 Å². The Hall–Kier alpha value is -1.37. The van der Waals surface area contributed by atoms with Crippen LogP contribution in [0.1, 0.15) is 82.1 Å². The van der Waals surface area contributed by atoms with Gasteiger partial charge in [0.25, 0.3) is 0 Å². The van der Waals surface area contributed by atoms with Crippen molar-refractivity contribution >= 4 is 6.08 Å². The lowest BCUT2D eigenvalue weighted by atomic mass is 9.73. The van der Waals surface area contributed by atoms with Crippen molar-refractivity contribution in [2.75, 3.05) is 0 Å². The fourth-order valence-corrected chi connectivity index (χ4v) is 3.72. The molecule has 24 heavy (non-hydrogen) atoms. The summed E-state index contributed by atoms with van der Waals surface area (Å²) in [4.78, 5) is 0. The monoisotopic (exact) mass is 328 g/mol. The Bertz CT molecular complexity index is 632. The fraction of sp³-hybridized carbons (Fsp3) is 0.565. The minimum absolute atomic E-state index is 0.0163. The molecule has 0 spiro atoms. The minimum atomic E-state index is 0.0163. The van der Waals surface area contributed by atoms with Crippen LogP contribution in [0, 0.1) is 18.2 Å². The number of rotatable bonds is 7. The van der Waals surface area contributed by atoms with Gasteiger partial charge in [0.2, 0.25) is 0 Å². The topological polar surface area (TPSA) is 0 Å². The SMILES string of the molecule is CCCCCc1cc2c(c(C)c1F)C=CC(C)(CCC=C(C)C)C2. The second kappa shape index (κ2) is 8.14. The molecule has 1 aromatic carbocycles. The first-order valence-corrected chi connectivity index (χ1v) is 9.50. The van der Waals surface area contributed by atoms with Crippen LogP contribution in [0.2, 0.25) is 0 Å². The third-order valence-corrected chi connectivity index (χ3v) is 5.27. The van der Waals surface area contributed by atoms with Gasteiger partial charge in [-0.25, -0.2) is 4.39 Å². The van der Waals surface area contributed by atoms with E-state index in [2.05, 4.69) is 52.0 Å². The summed E-state index contributed by atoms with van der Waals surface area (Å²) in [5.41, 5.74) is 5.77. The molecular weight excluding hydrogens is 295 g/mol. The molecule has 1 unspecified atom stereocenters. The molecule has 0 radical (unpaired) electrons. The summed E-state index contributed by atoms with van der Waals surface area (Å²) >= 11 is 0. The third-order valence-electron chi connectivity index (χ3n) is 5.27. The summed E-state index contributed by atoms with van der Waals surface area (Å²) in [6.45, 7) is 10.8. The van der Waals surface area contributed by atoms with E-state index in [1.54, 1.807) is 0 Å². The van der Waals surface area contributed by atoms with Gasteiger partial charge in [-0.3, -0.25) is 0 Å². The largest absolute Gasteiger partial charge is 0.206 e. The smallest absolute Gasteiger partial charge is 0.129 e. The first-order valence-electron chi connectivity index (χ1n) is 9.50. The van der Waals surface area contributed by atoms with Crippen LogP contribution in [0.25, 0.3) is 6.08 Å². The van der Waals surface area contributed by atoms with E-state index in [0.29, 0.717) is 0 Å². The van der Waals surface area contributed by atoms with E-state index >= 15 is 0 Å². The number of halogens is 1. The van der Waals surface area contributed by atoms with Gasteiger partial charge < -0.3 is 0 Å². The molecule has 2 rings (SSSR count). The van der Waals surface area contributed by atoms with E-state index in [9.17, 15) is 4.39 Å². The van der Waals surface area contributed by atoms with E-state index < -0.39 is 0 Å². The van der Waals surface area contributed by atoms with Crippen molar-refractivity contribution in [1.29, 1.82) is 0 Å². The first-order chi connectivity index (χ1) is 11.4. The molecule has 0 fully saturated rings. The van der Waals surface area contributed by atoms with E-state index in [-0.39, 0.29) is 11.2 Å². The van der Waals surface area contributed by atoms with Crippen LogP contribution in [-0.2, 0) is 12.8 Å². The highest BCUT2D eigenvalue weighted by molar-refractivity contribution is 5.62. The number of hydrogen-bond donors (Lipinski definition) is 0. The van der Waals surface area contributed by atoms with Crippen molar-refractivity contribution in [3.05, 3.63) is 51.9 Å². The summed E-state index contributed by atoms with van der Waals surface area (Å²) in [6.07, 6.45) is 14.4. The zero-order valence-corrected chi connectivity index (χ0v) is 16.1. The summed E-state index contributed by atoms with van der Waals surface area (Å²) in [6, 6.07) is 2.15. The van der Waals surface area contributed by atoms with E-state index in [4.69, 9.17) is 0 Å². The van der Waals surface area contributed by atoms with Gasteiger partial charge in [0.1, 0.15) is 5.82 Å². The van der Waals surface area contributed by atoms with Crippen molar-refractivity contribution < 1.29 is 4.39 Å². The molecule has 1 heteroatoms. The highest BCUT2D eigenvalue weighted by atomic mass is 19.1. The maximum atomic E-state index is 14.7. The average Bonchev–Trinajstić information content (AvgIpc) is 2.51. The normalized spacial score (nSPS) is 19.2. The molecule has 0 bridgehead atoms. The number of unbranched alkanes of at least 4 members (excludes halogenated alkanes) is 2. The summed E-state index contributed by atoms with van der Waals surface area (Å²) < 4.78 is 14.7. The molecule has 0 aliphatic heterocycles. The molecule has 0 amide bonds. The zero-order chi connectivity index (χ0) is 17.7. The number of benzene rings is 1. The van der Waals surface area contributed by atoms with Crippen LogP contribution in [-0.4, -0.2) is 0 Å². The van der Waals surface area contributed by atoms with Gasteiger partial charge >= 0.3 is 0 Å². The van der Waals surface area contributed by atoms with Gasteiger partial charge in [-0.15, -0.1) is 0 Å². The van der Waals surface area contributed by atoms with Crippen molar-refractivity contribution in [2.45, 2.75) is 79.6 Å². The molecule has 0 N–H and O–H groups in total. The van der Waals surface area contributed by atoms with Gasteiger partial charge in [-0.1, -0.05) is 56.6 Å². The van der Waals surface area contributed by atoms with Crippen molar-refractivity contribution in [1.82, 2.24) is 0 Å². The molecule has 132 valence electrons. The molecule has 0 aromatic heterocycles. The molecule has 0 saturated heterocycles. The fourth-order valence-electron chi connectivity index (χ4n) is 3.72. The predicted octanol–water partition coefficient (Wildman–Crippen LogP) is 7.19. The standard InChI is InChI=1S/C23H33F/c1-6-7-8-11-19-15-20-16-23(5,13-9-10-17(2)3)14-12-21(20)18(4)22(19)24/h10,12,14-15H,6-9,11,13,16H2,1-5H3. The van der Waals surface area contributed by atoms with Gasteiger partial charge in [-0.05, 0) is 80.5 Å². The Labute approximate surface area is 147 Å². The number of fused-ring (bicyclic) bond motifs is 1. The lowest BCUT2D eigenvalue weighted by Gasteiger charge is -2.31. The second-order valence-electron chi connectivity index (χ2n) is 7.99. The third kappa shape index (κ3) is 4.59. The predicted molar refractivity (Wildman–Crippen MR) is 104 cm³/mol. The van der Waals surface area contributed by atoms with E-state index in [1.165, 1.54) is 24.0 Å². The van der Waals surface area contributed by atoms with Crippen molar-refractivity contribution in [3.63, 3.8) is 0 Å². The van der Waals surface area contributed by atoms with Crippen LogP contribution in [0.5, 0.6) is 0 Å². The molecule has 0 nitrogen and oxygen atoms in total. The lowest BCUT2D eigenvalue weighted by molar-refractivity contribution is 0.389. The van der Waals surface area contributed by atoms with Crippen molar-refractivity contribution in [2.24, 2.45) is 5.41 Å². The molecule has 0 saturated carbocycles. The maximum absolute atomic E-state index is 14.7. The van der Waals surface area contributed by atoms with Crippen molar-refractivity contribution in [3.8, 4) is 0 Å². The maximum Gasteiger partial charge on any atom is 0.129 e. The van der Waals surface area contributed by atoms with Gasteiger partial charge in [0.05, 0.1) is 0 Å². The molecular formula is C23H33F. The van der Waals surface area contributed by atoms with Gasteiger partial charge in [-0.2, -0.15) is 0 Å². The Kier molecular flexibility index (Phi) is 6.43. The number of allylic oxidation sites excluding steroid dienone is 3. The van der Waals surface area contributed by atoms with Crippen LogP contribution in [0.4, 0.5) is 4.39 Å². The number of hydrogen-bond acceptors (Lipinski definition) is 0. The van der Waals surface area contributed by atoms with Crippen LogP contribution in [0.3, 0.4) is 0 Å². The Morgan fingerprint density at radius 2 is 2.04 bits per heavy atom. The molecule has 0 heterocycles. The molecule has 1 aliphatic carbocycles. The number of aryl methyl sites for hydroxylation is 1. The van der Waals surface area contributed by atoms with Gasteiger partial charge in [0.15, 0.2) is 0 Å². The highest BCUT2D eigenvalue weighted by Gasteiger charge is 2.27. The minimum Gasteiger partial charge on any atom is -0.206 e. The zero-order valence-electron chi connectivity index (χ0n) is 16.1. The summed E-state index contributed by atoms with van der Waals surface area (Å²) in [5.74, 6) is 0.0163. The highest BCUT2D eigenvalue weighted by Crippen LogP contribution is 2.38. The lowest BCUT2D eigenvalue weighted by Crippen LogP contribution is -2.21. The van der Waals surface area contributed by atoms with Gasteiger partial charge in [0, 0.05) is 0 Å². The molecule has 1 aliphatic rings. The Morgan fingerprint density at radius 3 is 2.71 bits per heavy atom. The van der Waals surface area contributed by atoms with Crippen LogP contribution < -0.4 is 0 Å². The first kappa shape index (κ1) is 19.0. The Balaban J connectivity index is 2.21. The molecule has 1 aromatic rings. The molecule has 1 atom stereocenters. The second-order valence-corrected chi connectivity index (χ2v) is 7.99. The van der Waals surface area contributed by atoms with E-state index in [0.717, 1.165) is 48.8 Å². The van der Waals surface area contributed by atoms with Crippen LogP contribution in [0.15, 0.2) is 23.8 Å². The summed E-state index contributed by atoms with van der Waals surface area (Å²) in [5, 5.41) is 0. The quantitative estimate of drug-likeness (QED) is 0.367. The average molecular weight is 329 g/mol. The Morgan fingerprint density at radius 1 is 1.29 bits per heavy atom. The summed E-state index contributed by atoms with van der Waals surface area (Å²) in [7, 11) is 0. The van der Waals surface area contributed by atoms with Crippen LogP contribution >= 0.6 is 0 Å².